The van der Waals surface area contributed by atoms with Gasteiger partial charge in [-0.15, -0.1) is 11.6 Å². The molecule has 0 saturated carbocycles. The van der Waals surface area contributed by atoms with Gasteiger partial charge in [0.1, 0.15) is 10.7 Å². The summed E-state index contributed by atoms with van der Waals surface area (Å²) in [7, 11) is -2.34. The van der Waals surface area contributed by atoms with Crippen molar-refractivity contribution in [1.29, 1.82) is 0 Å². The van der Waals surface area contributed by atoms with Crippen molar-refractivity contribution in [3.63, 3.8) is 0 Å². The number of halogens is 2. The molecule has 0 aliphatic heterocycles. The molecule has 0 heterocycles. The minimum atomic E-state index is -3.80. The van der Waals surface area contributed by atoms with E-state index in [4.69, 9.17) is 11.6 Å². The zero-order valence-electron chi connectivity index (χ0n) is 11.4. The maximum atomic E-state index is 13.7. The van der Waals surface area contributed by atoms with E-state index in [0.29, 0.717) is 18.0 Å². The fourth-order valence-electron chi connectivity index (χ4n) is 1.56. The van der Waals surface area contributed by atoms with Gasteiger partial charge in [-0.05, 0) is 30.0 Å². The lowest BCUT2D eigenvalue weighted by Gasteiger charge is -2.19. The van der Waals surface area contributed by atoms with Gasteiger partial charge in [-0.2, -0.15) is 0 Å². The van der Waals surface area contributed by atoms with Gasteiger partial charge < -0.3 is 0 Å². The van der Waals surface area contributed by atoms with Gasteiger partial charge in [0.2, 0.25) is 10.0 Å². The van der Waals surface area contributed by atoms with E-state index in [1.165, 1.54) is 23.5 Å². The number of hydrogen-bond donors (Lipinski definition) is 0. The normalized spacial score (nSPS) is 12.4. The van der Waals surface area contributed by atoms with Crippen LogP contribution in [0.1, 0.15) is 25.8 Å². The summed E-state index contributed by atoms with van der Waals surface area (Å²) in [5.41, 5.74) is 0.582. The molecule has 6 heteroatoms. The van der Waals surface area contributed by atoms with Crippen LogP contribution in [0.5, 0.6) is 0 Å². The van der Waals surface area contributed by atoms with Crippen LogP contribution in [0.15, 0.2) is 23.1 Å². The predicted molar refractivity (Wildman–Crippen MR) is 75.2 cm³/mol. The lowest BCUT2D eigenvalue weighted by Crippen LogP contribution is -2.29. The predicted octanol–water partition coefficient (Wildman–Crippen LogP) is 3.23. The molecule has 1 aromatic rings. The Bertz CT molecular complexity index is 531. The first-order chi connectivity index (χ1) is 8.78. The molecule has 0 amide bonds. The van der Waals surface area contributed by atoms with Gasteiger partial charge >= 0.3 is 0 Å². The second kappa shape index (κ2) is 6.68. The van der Waals surface area contributed by atoms with E-state index in [1.807, 2.05) is 13.8 Å². The molecule has 0 aromatic heterocycles. The molecule has 19 heavy (non-hydrogen) atoms. The molecule has 0 aliphatic carbocycles. The molecule has 0 bridgehead atoms. The average Bonchev–Trinajstić information content (AvgIpc) is 2.36. The van der Waals surface area contributed by atoms with Crippen LogP contribution in [0, 0.1) is 11.7 Å². The monoisotopic (exact) mass is 307 g/mol. The van der Waals surface area contributed by atoms with Crippen LogP contribution in [0.2, 0.25) is 0 Å². The quantitative estimate of drug-likeness (QED) is 0.757. The van der Waals surface area contributed by atoms with E-state index in [-0.39, 0.29) is 10.8 Å². The highest BCUT2D eigenvalue weighted by atomic mass is 35.5. The van der Waals surface area contributed by atoms with Crippen molar-refractivity contribution in [2.45, 2.75) is 31.0 Å². The molecule has 0 fully saturated rings. The van der Waals surface area contributed by atoms with E-state index >= 15 is 0 Å². The summed E-state index contributed by atoms with van der Waals surface area (Å²) < 4.78 is 39.4. The van der Waals surface area contributed by atoms with Crippen LogP contribution < -0.4 is 0 Å². The van der Waals surface area contributed by atoms with E-state index in [1.54, 1.807) is 0 Å². The minimum Gasteiger partial charge on any atom is -0.207 e. The SMILES string of the molecule is CC(C)CCN(C)S(=O)(=O)c1cc(CCl)ccc1F. The van der Waals surface area contributed by atoms with Gasteiger partial charge in [-0.1, -0.05) is 19.9 Å². The van der Waals surface area contributed by atoms with Crippen LogP contribution >= 0.6 is 11.6 Å². The molecule has 1 aromatic carbocycles. The third kappa shape index (κ3) is 4.16. The molecule has 0 aliphatic rings. The summed E-state index contributed by atoms with van der Waals surface area (Å²) in [4.78, 5) is -0.308. The molecule has 0 atom stereocenters. The molecule has 0 N–H and O–H groups in total. The number of hydrogen-bond acceptors (Lipinski definition) is 2. The maximum absolute atomic E-state index is 13.7. The molecule has 0 spiro atoms. The molecular weight excluding hydrogens is 289 g/mol. The second-order valence-corrected chi connectivity index (χ2v) is 7.19. The van der Waals surface area contributed by atoms with Gasteiger partial charge in [0.25, 0.3) is 0 Å². The van der Waals surface area contributed by atoms with E-state index in [0.717, 1.165) is 12.5 Å². The Labute approximate surface area is 119 Å². The molecular formula is C13H19ClFNO2S. The first-order valence-corrected chi connectivity index (χ1v) is 8.07. The number of sulfonamides is 1. The van der Waals surface area contributed by atoms with Crippen LogP contribution in [0.25, 0.3) is 0 Å². The average molecular weight is 308 g/mol. The Balaban J connectivity index is 3.05. The standard InChI is InChI=1S/C13H19ClFNO2S/c1-10(2)6-7-16(3)19(17,18)13-8-11(9-14)4-5-12(13)15/h4-5,8,10H,6-7,9H2,1-3H3. The van der Waals surface area contributed by atoms with Crippen molar-refractivity contribution >= 4 is 21.6 Å². The third-order valence-electron chi connectivity index (χ3n) is 2.86. The number of alkyl halides is 1. The number of rotatable bonds is 6. The smallest absolute Gasteiger partial charge is 0.207 e. The molecule has 0 unspecified atom stereocenters. The Morgan fingerprint density at radius 1 is 1.37 bits per heavy atom. The summed E-state index contributed by atoms with van der Waals surface area (Å²) in [6.07, 6.45) is 0.729. The lowest BCUT2D eigenvalue weighted by atomic mass is 10.1. The van der Waals surface area contributed by atoms with Gasteiger partial charge in [0, 0.05) is 19.5 Å². The first-order valence-electron chi connectivity index (χ1n) is 6.09. The fourth-order valence-corrected chi connectivity index (χ4v) is 3.02. The number of nitrogens with zero attached hydrogens (tertiary/aromatic N) is 1. The number of benzene rings is 1. The highest BCUT2D eigenvalue weighted by Crippen LogP contribution is 2.21. The van der Waals surface area contributed by atoms with E-state index in [9.17, 15) is 12.8 Å². The highest BCUT2D eigenvalue weighted by Gasteiger charge is 2.24. The van der Waals surface area contributed by atoms with Gasteiger partial charge in [-0.3, -0.25) is 0 Å². The summed E-state index contributed by atoms with van der Waals surface area (Å²) in [6, 6.07) is 3.92. The largest absolute Gasteiger partial charge is 0.245 e. The Hall–Kier alpha value is -0.650. The topological polar surface area (TPSA) is 37.4 Å². The van der Waals surface area contributed by atoms with Crippen molar-refractivity contribution in [1.82, 2.24) is 4.31 Å². The molecule has 1 rings (SSSR count). The van der Waals surface area contributed by atoms with Crippen molar-refractivity contribution in [3.05, 3.63) is 29.6 Å². The maximum Gasteiger partial charge on any atom is 0.245 e. The summed E-state index contributed by atoms with van der Waals surface area (Å²) >= 11 is 5.65. The molecule has 3 nitrogen and oxygen atoms in total. The van der Waals surface area contributed by atoms with Crippen LogP contribution in [-0.2, 0) is 15.9 Å². The summed E-state index contributed by atoms with van der Waals surface area (Å²) in [6.45, 7) is 4.38. The van der Waals surface area contributed by atoms with Crippen LogP contribution in [0.4, 0.5) is 4.39 Å². The minimum absolute atomic E-state index is 0.151. The molecule has 0 saturated heterocycles. The van der Waals surface area contributed by atoms with Gasteiger partial charge in [0.05, 0.1) is 0 Å². The summed E-state index contributed by atoms with van der Waals surface area (Å²) in [5, 5.41) is 0. The van der Waals surface area contributed by atoms with E-state index < -0.39 is 15.8 Å². The zero-order valence-corrected chi connectivity index (χ0v) is 12.9. The van der Waals surface area contributed by atoms with E-state index in [2.05, 4.69) is 0 Å². The first kappa shape index (κ1) is 16.4. The van der Waals surface area contributed by atoms with Crippen molar-refractivity contribution in [2.75, 3.05) is 13.6 Å². The summed E-state index contributed by atoms with van der Waals surface area (Å²) in [5.74, 6) is -0.208. The fraction of sp³-hybridized carbons (Fsp3) is 0.538. The van der Waals surface area contributed by atoms with Gasteiger partial charge in [-0.25, -0.2) is 17.1 Å². The third-order valence-corrected chi connectivity index (χ3v) is 5.04. The molecule has 0 radical (unpaired) electrons. The molecule has 108 valence electrons. The van der Waals surface area contributed by atoms with Crippen LogP contribution in [-0.4, -0.2) is 26.3 Å². The second-order valence-electron chi connectivity index (χ2n) is 4.91. The van der Waals surface area contributed by atoms with Crippen LogP contribution in [0.3, 0.4) is 0 Å². The Morgan fingerprint density at radius 2 is 2.00 bits per heavy atom. The lowest BCUT2D eigenvalue weighted by molar-refractivity contribution is 0.424. The van der Waals surface area contributed by atoms with Crippen molar-refractivity contribution < 1.29 is 12.8 Å². The Morgan fingerprint density at radius 3 is 2.53 bits per heavy atom. The van der Waals surface area contributed by atoms with Gasteiger partial charge in [0.15, 0.2) is 0 Å². The van der Waals surface area contributed by atoms with Crippen molar-refractivity contribution in [2.24, 2.45) is 5.92 Å². The zero-order chi connectivity index (χ0) is 14.6. The Kier molecular flexibility index (Phi) is 5.77. The highest BCUT2D eigenvalue weighted by molar-refractivity contribution is 7.89. The van der Waals surface area contributed by atoms with Crippen molar-refractivity contribution in [3.8, 4) is 0 Å².